The van der Waals surface area contributed by atoms with E-state index in [0.29, 0.717) is 30.2 Å². The Morgan fingerprint density at radius 1 is 1.00 bits per heavy atom. The molecule has 4 rings (SSSR count). The maximum absolute atomic E-state index is 13.4. The summed E-state index contributed by atoms with van der Waals surface area (Å²) in [5, 5.41) is 11.4. The maximum atomic E-state index is 13.4. The van der Waals surface area contributed by atoms with Gasteiger partial charge >= 0.3 is 0 Å². The fourth-order valence-electron chi connectivity index (χ4n) is 3.53. The molecule has 0 aromatic heterocycles. The molecule has 8 nitrogen and oxygen atoms in total. The summed E-state index contributed by atoms with van der Waals surface area (Å²) in [5.74, 6) is 1.71. The number of benzene rings is 3. The van der Waals surface area contributed by atoms with Crippen LogP contribution in [-0.2, 0) is 13.1 Å². The van der Waals surface area contributed by atoms with Gasteiger partial charge in [0.15, 0.2) is 11.5 Å². The van der Waals surface area contributed by atoms with Crippen molar-refractivity contribution >= 4 is 11.6 Å². The first-order valence-electron chi connectivity index (χ1n) is 10.0. The van der Waals surface area contributed by atoms with Gasteiger partial charge in [0.2, 0.25) is 6.79 Å². The number of hydrogen-bond donors (Lipinski definition) is 0. The quantitative estimate of drug-likeness (QED) is 0.402. The van der Waals surface area contributed by atoms with Gasteiger partial charge in [0.25, 0.3) is 11.6 Å². The number of nitrogens with zero attached hydrogens (tertiary/aromatic N) is 2. The van der Waals surface area contributed by atoms with Crippen LogP contribution in [0.25, 0.3) is 0 Å². The molecule has 164 valence electrons. The summed E-state index contributed by atoms with van der Waals surface area (Å²) in [7, 11) is 1.59. The van der Waals surface area contributed by atoms with Crippen LogP contribution in [0.2, 0.25) is 0 Å². The molecule has 1 aliphatic rings. The predicted molar refractivity (Wildman–Crippen MR) is 117 cm³/mol. The molecular weight excluding hydrogens is 412 g/mol. The number of methoxy groups -OCH3 is 1. The van der Waals surface area contributed by atoms with Crippen LogP contribution >= 0.6 is 0 Å². The maximum Gasteiger partial charge on any atom is 0.273 e. The van der Waals surface area contributed by atoms with E-state index < -0.39 is 4.92 Å². The molecule has 0 fully saturated rings. The molecule has 0 bridgehead atoms. The Bertz CT molecular complexity index is 1160. The molecule has 3 aromatic carbocycles. The Kier molecular flexibility index (Phi) is 5.93. The lowest BCUT2D eigenvalue weighted by molar-refractivity contribution is -0.385. The van der Waals surface area contributed by atoms with E-state index in [-0.39, 0.29) is 24.0 Å². The molecule has 0 unspecified atom stereocenters. The summed E-state index contributed by atoms with van der Waals surface area (Å²) in [6.07, 6.45) is 0. The van der Waals surface area contributed by atoms with Crippen molar-refractivity contribution in [1.29, 1.82) is 0 Å². The fourth-order valence-corrected chi connectivity index (χ4v) is 3.53. The molecule has 0 aliphatic carbocycles. The van der Waals surface area contributed by atoms with Crippen molar-refractivity contribution in [2.75, 3.05) is 13.9 Å². The van der Waals surface area contributed by atoms with E-state index in [2.05, 4.69) is 0 Å². The zero-order valence-corrected chi connectivity index (χ0v) is 17.7. The highest BCUT2D eigenvalue weighted by atomic mass is 16.7. The zero-order chi connectivity index (χ0) is 22.7. The van der Waals surface area contributed by atoms with Crippen molar-refractivity contribution in [3.8, 4) is 17.2 Å². The first-order valence-corrected chi connectivity index (χ1v) is 10.0. The summed E-state index contributed by atoms with van der Waals surface area (Å²) in [5.41, 5.74) is 2.45. The van der Waals surface area contributed by atoms with E-state index in [1.807, 2.05) is 42.5 Å². The lowest BCUT2D eigenvalue weighted by Gasteiger charge is -2.23. The van der Waals surface area contributed by atoms with Crippen molar-refractivity contribution < 1.29 is 23.9 Å². The van der Waals surface area contributed by atoms with E-state index in [9.17, 15) is 14.9 Å². The van der Waals surface area contributed by atoms with Gasteiger partial charge in [-0.05, 0) is 48.4 Å². The van der Waals surface area contributed by atoms with Crippen LogP contribution < -0.4 is 14.2 Å². The molecule has 3 aromatic rings. The number of amides is 1. The summed E-state index contributed by atoms with van der Waals surface area (Å²) < 4.78 is 16.0. The Morgan fingerprint density at radius 2 is 1.69 bits per heavy atom. The molecule has 1 heterocycles. The Balaban J connectivity index is 1.65. The Morgan fingerprint density at radius 3 is 2.41 bits per heavy atom. The van der Waals surface area contributed by atoms with Crippen LogP contribution in [0.1, 0.15) is 27.0 Å². The molecule has 0 saturated heterocycles. The second-order valence-electron chi connectivity index (χ2n) is 7.46. The third kappa shape index (κ3) is 4.49. The fraction of sp³-hybridized carbons (Fsp3) is 0.208. The van der Waals surface area contributed by atoms with E-state index >= 15 is 0 Å². The third-order valence-electron chi connectivity index (χ3n) is 5.28. The summed E-state index contributed by atoms with van der Waals surface area (Å²) in [4.78, 5) is 26.0. The van der Waals surface area contributed by atoms with Gasteiger partial charge in [-0.2, -0.15) is 0 Å². The Hall–Kier alpha value is -4.07. The van der Waals surface area contributed by atoms with Crippen molar-refractivity contribution in [2.24, 2.45) is 0 Å². The number of ether oxygens (including phenoxy) is 3. The summed E-state index contributed by atoms with van der Waals surface area (Å²) in [6, 6.07) is 17.5. The van der Waals surface area contributed by atoms with E-state index in [1.54, 1.807) is 31.1 Å². The topological polar surface area (TPSA) is 91.1 Å². The standard InChI is InChI=1S/C24H22N2O6/c1-16-3-7-19(12-21(16)26(28)29)24(27)25(13-17-4-8-20(30-2)9-5-17)14-18-6-10-22-23(11-18)32-15-31-22/h3-12H,13-15H2,1-2H3. The van der Waals surface area contributed by atoms with Crippen LogP contribution in [0, 0.1) is 17.0 Å². The number of carbonyl (C=O) groups excluding carboxylic acids is 1. The normalized spacial score (nSPS) is 11.8. The molecule has 0 spiro atoms. The minimum absolute atomic E-state index is 0.0803. The minimum atomic E-state index is -0.474. The van der Waals surface area contributed by atoms with Crippen LogP contribution in [0.3, 0.4) is 0 Å². The smallest absolute Gasteiger partial charge is 0.273 e. The average molecular weight is 434 g/mol. The van der Waals surface area contributed by atoms with E-state index in [0.717, 1.165) is 16.9 Å². The van der Waals surface area contributed by atoms with Gasteiger partial charge in [0.1, 0.15) is 5.75 Å². The zero-order valence-electron chi connectivity index (χ0n) is 17.7. The van der Waals surface area contributed by atoms with Gasteiger partial charge in [-0.15, -0.1) is 0 Å². The largest absolute Gasteiger partial charge is 0.497 e. The minimum Gasteiger partial charge on any atom is -0.497 e. The van der Waals surface area contributed by atoms with E-state index in [1.165, 1.54) is 6.07 Å². The first-order chi connectivity index (χ1) is 15.4. The molecule has 8 heteroatoms. The lowest BCUT2D eigenvalue weighted by atomic mass is 10.1. The number of aryl methyl sites for hydroxylation is 1. The molecule has 32 heavy (non-hydrogen) atoms. The van der Waals surface area contributed by atoms with Crippen LogP contribution in [0.5, 0.6) is 17.2 Å². The number of carbonyl (C=O) groups is 1. The predicted octanol–water partition coefficient (Wildman–Crippen LogP) is 4.48. The Labute approximate surface area is 185 Å². The van der Waals surface area contributed by atoms with Gasteiger partial charge < -0.3 is 19.1 Å². The van der Waals surface area contributed by atoms with Crippen molar-refractivity contribution in [1.82, 2.24) is 4.90 Å². The molecule has 0 radical (unpaired) electrons. The highest BCUT2D eigenvalue weighted by molar-refractivity contribution is 5.95. The second kappa shape index (κ2) is 8.97. The summed E-state index contributed by atoms with van der Waals surface area (Å²) >= 11 is 0. The van der Waals surface area contributed by atoms with Crippen LogP contribution in [0.4, 0.5) is 5.69 Å². The monoisotopic (exact) mass is 434 g/mol. The first kappa shape index (κ1) is 21.2. The van der Waals surface area contributed by atoms with Gasteiger partial charge in [-0.25, -0.2) is 0 Å². The number of fused-ring (bicyclic) bond motifs is 1. The molecule has 0 saturated carbocycles. The van der Waals surface area contributed by atoms with Crippen molar-refractivity contribution in [3.05, 3.63) is 93.0 Å². The number of rotatable bonds is 7. The van der Waals surface area contributed by atoms with Gasteiger partial charge in [0.05, 0.1) is 12.0 Å². The molecule has 1 aliphatic heterocycles. The average Bonchev–Trinajstić information content (AvgIpc) is 3.27. The van der Waals surface area contributed by atoms with Crippen molar-refractivity contribution in [2.45, 2.75) is 20.0 Å². The number of nitro groups is 1. The highest BCUT2D eigenvalue weighted by Gasteiger charge is 2.22. The lowest BCUT2D eigenvalue weighted by Crippen LogP contribution is -2.30. The molecule has 0 N–H and O–H groups in total. The molecule has 1 amide bonds. The number of nitro benzene ring substituents is 1. The SMILES string of the molecule is COc1ccc(CN(Cc2ccc3c(c2)OCO3)C(=O)c2ccc(C)c([N+](=O)[O-])c2)cc1. The third-order valence-corrected chi connectivity index (χ3v) is 5.28. The van der Waals surface area contributed by atoms with Crippen molar-refractivity contribution in [3.63, 3.8) is 0 Å². The van der Waals surface area contributed by atoms with Gasteiger partial charge in [-0.1, -0.05) is 24.3 Å². The molecular formula is C24H22N2O6. The van der Waals surface area contributed by atoms with Gasteiger partial charge in [0, 0.05) is 30.3 Å². The van der Waals surface area contributed by atoms with Gasteiger partial charge in [-0.3, -0.25) is 14.9 Å². The number of hydrogen-bond acceptors (Lipinski definition) is 6. The second-order valence-corrected chi connectivity index (χ2v) is 7.46. The molecule has 0 atom stereocenters. The van der Waals surface area contributed by atoms with E-state index in [4.69, 9.17) is 14.2 Å². The summed E-state index contributed by atoms with van der Waals surface area (Å²) in [6.45, 7) is 2.43. The highest BCUT2D eigenvalue weighted by Crippen LogP contribution is 2.33. The van der Waals surface area contributed by atoms with Crippen LogP contribution in [-0.4, -0.2) is 29.6 Å². The van der Waals surface area contributed by atoms with Crippen LogP contribution in [0.15, 0.2) is 60.7 Å².